The second-order valence-electron chi connectivity index (χ2n) is 5.22. The molecule has 0 bridgehead atoms. The van der Waals surface area contributed by atoms with Gasteiger partial charge >= 0.3 is 0 Å². The number of rotatable bonds is 1. The molecular weight excluding hydrogens is 284 g/mol. The molecule has 0 amide bonds. The van der Waals surface area contributed by atoms with Crippen LogP contribution in [0.25, 0.3) is 0 Å². The van der Waals surface area contributed by atoms with E-state index >= 15 is 0 Å². The fourth-order valence-corrected chi connectivity index (χ4v) is 4.03. The first-order valence-corrected chi connectivity index (χ1v) is 8.14. The molecule has 4 heteroatoms. The zero-order valence-corrected chi connectivity index (χ0v) is 13.4. The van der Waals surface area contributed by atoms with Crippen LogP contribution < -0.4 is 5.32 Å². The molecule has 1 N–H and O–H groups in total. The van der Waals surface area contributed by atoms with Crippen LogP contribution in [0.5, 0.6) is 0 Å². The highest BCUT2D eigenvalue weighted by atomic mass is 32.1. The number of fused-ring (bicyclic) bond motifs is 1. The van der Waals surface area contributed by atoms with Gasteiger partial charge in [0.2, 0.25) is 0 Å². The van der Waals surface area contributed by atoms with Crippen LogP contribution in [-0.2, 0) is 6.42 Å². The fraction of sp³-hybridized carbons (Fsp3) is 0.312. The zero-order chi connectivity index (χ0) is 14.1. The lowest BCUT2D eigenvalue weighted by atomic mass is 10.0. The number of aryl methyl sites for hydroxylation is 1. The highest BCUT2D eigenvalue weighted by Gasteiger charge is 2.26. The highest BCUT2D eigenvalue weighted by Crippen LogP contribution is 2.33. The van der Waals surface area contributed by atoms with Gasteiger partial charge in [-0.1, -0.05) is 12.1 Å². The van der Waals surface area contributed by atoms with Crippen molar-refractivity contribution in [2.75, 3.05) is 11.9 Å². The van der Waals surface area contributed by atoms with E-state index in [9.17, 15) is 0 Å². The van der Waals surface area contributed by atoms with Crippen LogP contribution in [0.15, 0.2) is 35.7 Å². The minimum absolute atomic E-state index is 0.356. The van der Waals surface area contributed by atoms with Crippen LogP contribution in [-0.4, -0.2) is 16.6 Å². The van der Waals surface area contributed by atoms with Gasteiger partial charge in [0.05, 0.1) is 6.04 Å². The van der Waals surface area contributed by atoms with E-state index < -0.39 is 0 Å². The largest absolute Gasteiger partial charge is 0.342 e. The first kappa shape index (κ1) is 13.6. The van der Waals surface area contributed by atoms with Crippen LogP contribution in [0.3, 0.4) is 0 Å². The molecule has 0 saturated heterocycles. The van der Waals surface area contributed by atoms with Crippen LogP contribution in [0, 0.1) is 6.92 Å². The van der Waals surface area contributed by atoms with Gasteiger partial charge < -0.3 is 10.2 Å². The zero-order valence-electron chi connectivity index (χ0n) is 11.7. The summed E-state index contributed by atoms with van der Waals surface area (Å²) in [6.45, 7) is 5.32. The van der Waals surface area contributed by atoms with E-state index in [-0.39, 0.29) is 0 Å². The minimum atomic E-state index is 0.356. The van der Waals surface area contributed by atoms with E-state index in [4.69, 9.17) is 12.2 Å². The minimum Gasteiger partial charge on any atom is -0.342 e. The number of nitrogens with one attached hydrogen (secondary N) is 1. The van der Waals surface area contributed by atoms with E-state index in [1.165, 1.54) is 16.0 Å². The second-order valence-corrected chi connectivity index (χ2v) is 6.61. The number of thiophene rings is 1. The van der Waals surface area contributed by atoms with E-state index in [0.717, 1.165) is 23.8 Å². The van der Waals surface area contributed by atoms with Crippen LogP contribution in [0.4, 0.5) is 5.69 Å². The van der Waals surface area contributed by atoms with Crippen molar-refractivity contribution >= 4 is 34.4 Å². The molecule has 0 spiro atoms. The molecule has 0 radical (unpaired) electrons. The van der Waals surface area contributed by atoms with Crippen molar-refractivity contribution in [3.8, 4) is 0 Å². The molecule has 3 rings (SSSR count). The Labute approximate surface area is 129 Å². The monoisotopic (exact) mass is 302 g/mol. The van der Waals surface area contributed by atoms with Crippen LogP contribution >= 0.6 is 23.6 Å². The van der Waals surface area contributed by atoms with Gasteiger partial charge in [0.1, 0.15) is 0 Å². The first-order chi connectivity index (χ1) is 9.65. The SMILES string of the molecule is Cc1cccc(NC(=S)N2CCc3sccc3[C@H]2C)c1. The van der Waals surface area contributed by atoms with Gasteiger partial charge in [-0.15, -0.1) is 11.3 Å². The summed E-state index contributed by atoms with van der Waals surface area (Å²) in [6, 6.07) is 10.9. The standard InChI is InChI=1S/C16H18N2S2/c1-11-4-3-5-13(10-11)17-16(19)18-8-6-15-14(12(18)2)7-9-20-15/h3-5,7,9-10,12H,6,8H2,1-2H3,(H,17,19)/t12-/m1/s1. The molecule has 0 saturated carbocycles. The molecule has 2 aromatic rings. The number of thiocarbonyl (C=S) groups is 1. The Morgan fingerprint density at radius 3 is 3.05 bits per heavy atom. The molecule has 1 aliphatic rings. The summed E-state index contributed by atoms with van der Waals surface area (Å²) in [5, 5.41) is 6.37. The topological polar surface area (TPSA) is 15.3 Å². The van der Waals surface area contributed by atoms with Crippen molar-refractivity contribution in [2.24, 2.45) is 0 Å². The summed E-state index contributed by atoms with van der Waals surface area (Å²) in [4.78, 5) is 3.79. The number of benzene rings is 1. The van der Waals surface area contributed by atoms with E-state index in [2.05, 4.69) is 59.8 Å². The fourth-order valence-electron chi connectivity index (χ4n) is 2.71. The first-order valence-electron chi connectivity index (χ1n) is 6.85. The van der Waals surface area contributed by atoms with Crippen molar-refractivity contribution in [2.45, 2.75) is 26.3 Å². The van der Waals surface area contributed by atoms with Crippen molar-refractivity contribution in [3.05, 3.63) is 51.7 Å². The maximum Gasteiger partial charge on any atom is 0.173 e. The molecule has 1 aliphatic heterocycles. The Hall–Kier alpha value is -1.39. The molecule has 104 valence electrons. The molecule has 2 heterocycles. The molecule has 2 nitrogen and oxygen atoms in total. The Morgan fingerprint density at radius 2 is 2.25 bits per heavy atom. The van der Waals surface area contributed by atoms with Gasteiger partial charge in [-0.25, -0.2) is 0 Å². The molecule has 0 aliphatic carbocycles. The van der Waals surface area contributed by atoms with Gasteiger partial charge in [-0.2, -0.15) is 0 Å². The molecule has 0 unspecified atom stereocenters. The number of hydrogen-bond acceptors (Lipinski definition) is 2. The lowest BCUT2D eigenvalue weighted by Gasteiger charge is -2.35. The van der Waals surface area contributed by atoms with Crippen LogP contribution in [0.1, 0.15) is 29.0 Å². The maximum absolute atomic E-state index is 5.60. The average molecular weight is 302 g/mol. The molecule has 0 fully saturated rings. The molecule has 1 aromatic heterocycles. The van der Waals surface area contributed by atoms with E-state index in [1.54, 1.807) is 0 Å². The summed E-state index contributed by atoms with van der Waals surface area (Å²) in [5.74, 6) is 0. The summed E-state index contributed by atoms with van der Waals surface area (Å²) in [5.41, 5.74) is 3.73. The summed E-state index contributed by atoms with van der Waals surface area (Å²) in [6.07, 6.45) is 1.09. The van der Waals surface area contributed by atoms with Crippen molar-refractivity contribution < 1.29 is 0 Å². The van der Waals surface area contributed by atoms with E-state index in [0.29, 0.717) is 6.04 Å². The number of hydrogen-bond donors (Lipinski definition) is 1. The summed E-state index contributed by atoms with van der Waals surface area (Å²) >= 11 is 7.46. The van der Waals surface area contributed by atoms with Gasteiger partial charge in [-0.05, 0) is 67.2 Å². The third-order valence-electron chi connectivity index (χ3n) is 3.81. The quantitative estimate of drug-likeness (QED) is 0.787. The lowest BCUT2D eigenvalue weighted by molar-refractivity contribution is 0.326. The van der Waals surface area contributed by atoms with Gasteiger partial charge in [0.15, 0.2) is 5.11 Å². The molecular formula is C16H18N2S2. The predicted molar refractivity (Wildman–Crippen MR) is 90.5 cm³/mol. The van der Waals surface area contributed by atoms with E-state index in [1.807, 2.05) is 11.3 Å². The predicted octanol–water partition coefficient (Wildman–Crippen LogP) is 4.37. The highest BCUT2D eigenvalue weighted by molar-refractivity contribution is 7.80. The van der Waals surface area contributed by atoms with Crippen molar-refractivity contribution in [1.82, 2.24) is 4.90 Å². The normalized spacial score (nSPS) is 17.7. The Kier molecular flexibility index (Phi) is 3.76. The summed E-state index contributed by atoms with van der Waals surface area (Å²) < 4.78 is 0. The summed E-state index contributed by atoms with van der Waals surface area (Å²) in [7, 11) is 0. The molecule has 20 heavy (non-hydrogen) atoms. The van der Waals surface area contributed by atoms with Gasteiger partial charge in [-0.3, -0.25) is 0 Å². The number of nitrogens with zero attached hydrogens (tertiary/aromatic N) is 1. The Bertz CT molecular complexity index is 633. The maximum atomic E-state index is 5.60. The Morgan fingerprint density at radius 1 is 1.40 bits per heavy atom. The third-order valence-corrected chi connectivity index (χ3v) is 5.14. The molecule has 1 aromatic carbocycles. The third kappa shape index (κ3) is 2.58. The lowest BCUT2D eigenvalue weighted by Crippen LogP contribution is -2.40. The number of anilines is 1. The Balaban J connectivity index is 1.75. The van der Waals surface area contributed by atoms with Crippen LogP contribution in [0.2, 0.25) is 0 Å². The van der Waals surface area contributed by atoms with Gasteiger partial charge in [0.25, 0.3) is 0 Å². The van der Waals surface area contributed by atoms with Crippen molar-refractivity contribution in [1.29, 1.82) is 0 Å². The molecule has 1 atom stereocenters. The average Bonchev–Trinajstić information content (AvgIpc) is 2.88. The smallest absolute Gasteiger partial charge is 0.173 e. The van der Waals surface area contributed by atoms with Crippen molar-refractivity contribution in [3.63, 3.8) is 0 Å². The second kappa shape index (κ2) is 5.54. The van der Waals surface area contributed by atoms with Gasteiger partial charge in [0, 0.05) is 17.1 Å².